The number of hydrogen-bond donors (Lipinski definition) is 0. The number of non-ortho nitro benzene ring substituents is 1. The number of carbonyl (C=O) groups excluding carboxylic acids is 1. The Kier molecular flexibility index (Phi) is 4.43. The quantitative estimate of drug-likeness (QED) is 0.498. The van der Waals surface area contributed by atoms with Gasteiger partial charge in [0.05, 0.1) is 10.6 Å². The van der Waals surface area contributed by atoms with Crippen LogP contribution in [0.4, 0.5) is 5.69 Å². The molecule has 0 N–H and O–H groups in total. The van der Waals surface area contributed by atoms with Crippen LogP contribution in [0.2, 0.25) is 0 Å². The molecule has 2 aromatic heterocycles. The van der Waals surface area contributed by atoms with Crippen LogP contribution < -0.4 is 0 Å². The number of benzene rings is 1. The van der Waals surface area contributed by atoms with Crippen LogP contribution in [0.15, 0.2) is 30.5 Å². The molecule has 0 unspecified atom stereocenters. The van der Waals surface area contributed by atoms with E-state index in [4.69, 9.17) is 0 Å². The van der Waals surface area contributed by atoms with E-state index in [-0.39, 0.29) is 17.6 Å². The van der Waals surface area contributed by atoms with E-state index in [0.29, 0.717) is 11.3 Å². The smallest absolute Gasteiger partial charge is 0.270 e. The van der Waals surface area contributed by atoms with Gasteiger partial charge in [-0.2, -0.15) is 0 Å². The predicted molar refractivity (Wildman–Crippen MR) is 104 cm³/mol. The molecule has 0 bridgehead atoms. The van der Waals surface area contributed by atoms with Crippen molar-refractivity contribution in [2.45, 2.75) is 39.2 Å². The van der Waals surface area contributed by atoms with Gasteiger partial charge in [0.1, 0.15) is 4.88 Å². The summed E-state index contributed by atoms with van der Waals surface area (Å²) in [4.78, 5) is 31.6. The number of aryl methyl sites for hydroxylation is 1. The number of likely N-dealkylation sites (tertiary alicyclic amines) is 1. The molecule has 1 aliphatic heterocycles. The molecule has 1 aromatic carbocycles. The fourth-order valence-electron chi connectivity index (χ4n) is 3.60. The number of imidazole rings is 1. The van der Waals surface area contributed by atoms with E-state index in [1.54, 1.807) is 12.1 Å². The first kappa shape index (κ1) is 17.7. The number of carbonyl (C=O) groups is 1. The normalized spacial score (nSPS) is 17.4. The first-order valence-electron chi connectivity index (χ1n) is 9.00. The van der Waals surface area contributed by atoms with Crippen molar-refractivity contribution in [3.05, 3.63) is 51.1 Å². The molecule has 0 radical (unpaired) electrons. The van der Waals surface area contributed by atoms with E-state index in [1.165, 1.54) is 29.9 Å². The average molecular weight is 384 g/mol. The zero-order valence-electron chi connectivity index (χ0n) is 15.2. The van der Waals surface area contributed by atoms with E-state index in [0.717, 1.165) is 34.9 Å². The largest absolute Gasteiger partial charge is 0.335 e. The highest BCUT2D eigenvalue weighted by Gasteiger charge is 2.28. The fraction of sp³-hybridized carbons (Fsp3) is 0.368. The third kappa shape index (κ3) is 3.10. The van der Waals surface area contributed by atoms with Gasteiger partial charge in [-0.05, 0) is 33.1 Å². The summed E-state index contributed by atoms with van der Waals surface area (Å²) >= 11 is 1.38. The van der Waals surface area contributed by atoms with Gasteiger partial charge in [-0.25, -0.2) is 4.98 Å². The first-order chi connectivity index (χ1) is 13.0. The highest BCUT2D eigenvalue weighted by Crippen LogP contribution is 2.30. The Morgan fingerprint density at radius 3 is 2.89 bits per heavy atom. The van der Waals surface area contributed by atoms with Crippen LogP contribution in [0, 0.1) is 17.0 Å². The lowest BCUT2D eigenvalue weighted by Crippen LogP contribution is -2.41. The second kappa shape index (κ2) is 6.77. The SMILES string of the molecule is Cc1c(C(=O)N2CCCC[C@H]2C)sc2nc(-c3cccc([N+](=O)[O-])c3)cn12. The van der Waals surface area contributed by atoms with Crippen LogP contribution in [0.5, 0.6) is 0 Å². The van der Waals surface area contributed by atoms with Gasteiger partial charge in [0, 0.05) is 42.2 Å². The number of piperidine rings is 1. The number of nitrogens with zero attached hydrogens (tertiary/aromatic N) is 4. The van der Waals surface area contributed by atoms with E-state index in [1.807, 2.05) is 22.4 Å². The van der Waals surface area contributed by atoms with Gasteiger partial charge in [0.2, 0.25) is 0 Å². The van der Waals surface area contributed by atoms with Crippen LogP contribution in [-0.2, 0) is 0 Å². The van der Waals surface area contributed by atoms with Gasteiger partial charge in [-0.1, -0.05) is 23.5 Å². The van der Waals surface area contributed by atoms with Crippen molar-refractivity contribution in [3.8, 4) is 11.3 Å². The maximum atomic E-state index is 13.0. The number of thiazole rings is 1. The van der Waals surface area contributed by atoms with Gasteiger partial charge in [-0.3, -0.25) is 19.3 Å². The Balaban J connectivity index is 1.69. The second-order valence-corrected chi connectivity index (χ2v) is 7.92. The van der Waals surface area contributed by atoms with E-state index in [9.17, 15) is 14.9 Å². The third-order valence-electron chi connectivity index (χ3n) is 5.17. The summed E-state index contributed by atoms with van der Waals surface area (Å²) in [6, 6.07) is 6.70. The van der Waals surface area contributed by atoms with Crippen LogP contribution in [0.1, 0.15) is 41.6 Å². The van der Waals surface area contributed by atoms with Gasteiger partial charge in [0.15, 0.2) is 4.96 Å². The molecule has 0 aliphatic carbocycles. The Morgan fingerprint density at radius 2 is 2.19 bits per heavy atom. The molecular weight excluding hydrogens is 364 g/mol. The maximum Gasteiger partial charge on any atom is 0.270 e. The molecule has 1 aliphatic rings. The summed E-state index contributed by atoms with van der Waals surface area (Å²) in [5.41, 5.74) is 2.26. The minimum Gasteiger partial charge on any atom is -0.335 e. The standard InChI is InChI=1S/C19H20N4O3S/c1-12-6-3-4-9-21(12)18(24)17-13(2)22-11-16(20-19(22)27-17)14-7-5-8-15(10-14)23(25)26/h5,7-8,10-12H,3-4,6,9H2,1-2H3/t12-/m1/s1. The molecular formula is C19H20N4O3S. The Hall–Kier alpha value is -2.74. The topological polar surface area (TPSA) is 80.8 Å². The zero-order chi connectivity index (χ0) is 19.1. The molecule has 140 valence electrons. The summed E-state index contributed by atoms with van der Waals surface area (Å²) in [5.74, 6) is 0.0760. The average Bonchev–Trinajstić information content (AvgIpc) is 3.21. The summed E-state index contributed by atoms with van der Waals surface area (Å²) in [5, 5.41) is 11.0. The first-order valence-corrected chi connectivity index (χ1v) is 9.81. The van der Waals surface area contributed by atoms with E-state index >= 15 is 0 Å². The monoisotopic (exact) mass is 384 g/mol. The van der Waals surface area contributed by atoms with E-state index < -0.39 is 4.92 Å². The van der Waals surface area contributed by atoms with Crippen molar-refractivity contribution in [1.29, 1.82) is 0 Å². The number of hydrogen-bond acceptors (Lipinski definition) is 5. The zero-order valence-corrected chi connectivity index (χ0v) is 16.0. The van der Waals surface area contributed by atoms with E-state index in [2.05, 4.69) is 11.9 Å². The van der Waals surface area contributed by atoms with Gasteiger partial charge < -0.3 is 4.90 Å². The number of nitro benzene ring substituents is 1. The highest BCUT2D eigenvalue weighted by molar-refractivity contribution is 7.19. The lowest BCUT2D eigenvalue weighted by Gasteiger charge is -2.33. The summed E-state index contributed by atoms with van der Waals surface area (Å²) in [6.45, 7) is 4.83. The molecule has 0 saturated carbocycles. The van der Waals surface area contributed by atoms with Gasteiger partial charge in [0.25, 0.3) is 11.6 Å². The molecule has 1 amide bonds. The van der Waals surface area contributed by atoms with Gasteiger partial charge >= 0.3 is 0 Å². The summed E-state index contributed by atoms with van der Waals surface area (Å²) in [6.07, 6.45) is 5.11. The highest BCUT2D eigenvalue weighted by atomic mass is 32.1. The second-order valence-electron chi connectivity index (χ2n) is 6.95. The number of fused-ring (bicyclic) bond motifs is 1. The predicted octanol–water partition coefficient (Wildman–Crippen LogP) is 4.29. The lowest BCUT2D eigenvalue weighted by molar-refractivity contribution is -0.384. The van der Waals surface area contributed by atoms with Gasteiger partial charge in [-0.15, -0.1) is 0 Å². The molecule has 1 fully saturated rings. The van der Waals surface area contributed by atoms with Crippen LogP contribution in [-0.4, -0.2) is 37.7 Å². The van der Waals surface area contributed by atoms with Crippen molar-refractivity contribution in [2.75, 3.05) is 6.54 Å². The lowest BCUT2D eigenvalue weighted by atomic mass is 10.0. The molecule has 8 heteroatoms. The Bertz CT molecular complexity index is 1040. The maximum absolute atomic E-state index is 13.0. The summed E-state index contributed by atoms with van der Waals surface area (Å²) < 4.78 is 1.90. The Morgan fingerprint density at radius 1 is 1.37 bits per heavy atom. The van der Waals surface area contributed by atoms with Crippen molar-refractivity contribution in [2.24, 2.45) is 0 Å². The molecule has 4 rings (SSSR count). The third-order valence-corrected chi connectivity index (χ3v) is 6.31. The molecule has 1 atom stereocenters. The molecule has 7 nitrogen and oxygen atoms in total. The fourth-order valence-corrected chi connectivity index (χ4v) is 4.66. The minimum atomic E-state index is -0.413. The Labute approximate surface area is 160 Å². The molecule has 1 saturated heterocycles. The van der Waals surface area contributed by atoms with Crippen molar-refractivity contribution < 1.29 is 9.72 Å². The number of rotatable bonds is 3. The minimum absolute atomic E-state index is 0.0375. The van der Waals surface area contributed by atoms with Crippen LogP contribution in [0.3, 0.4) is 0 Å². The van der Waals surface area contributed by atoms with Crippen LogP contribution in [0.25, 0.3) is 16.2 Å². The number of amides is 1. The van der Waals surface area contributed by atoms with Crippen molar-refractivity contribution in [3.63, 3.8) is 0 Å². The number of aromatic nitrogens is 2. The molecule has 3 aromatic rings. The molecule has 3 heterocycles. The molecule has 0 spiro atoms. The van der Waals surface area contributed by atoms with Crippen LogP contribution >= 0.6 is 11.3 Å². The number of nitro groups is 1. The van der Waals surface area contributed by atoms with Crippen molar-refractivity contribution >= 4 is 27.9 Å². The van der Waals surface area contributed by atoms with Crippen molar-refractivity contribution in [1.82, 2.24) is 14.3 Å². The molecule has 27 heavy (non-hydrogen) atoms. The summed E-state index contributed by atoms with van der Waals surface area (Å²) in [7, 11) is 0.